The minimum Gasteiger partial charge on any atom is -0.457 e. The van der Waals surface area contributed by atoms with Crippen molar-refractivity contribution in [3.05, 3.63) is 35.4 Å². The molecule has 1 aliphatic rings. The maximum absolute atomic E-state index is 4.63. The van der Waals surface area contributed by atoms with Crippen molar-refractivity contribution in [2.75, 3.05) is 0 Å². The summed E-state index contributed by atoms with van der Waals surface area (Å²) in [4.78, 5) is 8.90. The Morgan fingerprint density at radius 3 is 2.25 bits per heavy atom. The van der Waals surface area contributed by atoms with Crippen molar-refractivity contribution in [3.63, 3.8) is 0 Å². The Hall–Kier alpha value is -0.692. The predicted molar refractivity (Wildman–Crippen MR) is 62.3 cm³/mol. The first kappa shape index (κ1) is 13.4. The smallest absolute Gasteiger partial charge is 0.0615 e. The van der Waals surface area contributed by atoms with Gasteiger partial charge in [0.1, 0.15) is 0 Å². The van der Waals surface area contributed by atoms with Crippen molar-refractivity contribution < 1.29 is 21.1 Å². The molecule has 0 radical (unpaired) electrons. The summed E-state index contributed by atoms with van der Waals surface area (Å²) in [7, 11) is 0. The van der Waals surface area contributed by atoms with Gasteiger partial charge in [0.05, 0.1) is 5.69 Å². The summed E-state index contributed by atoms with van der Waals surface area (Å²) < 4.78 is 0. The zero-order valence-corrected chi connectivity index (χ0v) is 12.2. The molecule has 0 unspecified atom stereocenters. The Morgan fingerprint density at radius 1 is 1.12 bits per heavy atom. The topological polar surface area (TPSA) is 39.4 Å². The number of rotatable bonds is 1. The van der Waals surface area contributed by atoms with Gasteiger partial charge in [-0.05, 0) is 29.0 Å². The van der Waals surface area contributed by atoms with E-state index in [0.717, 1.165) is 11.5 Å². The zero-order chi connectivity index (χ0) is 11.1. The van der Waals surface area contributed by atoms with Gasteiger partial charge >= 0.3 is 0 Å². The van der Waals surface area contributed by atoms with Crippen molar-refractivity contribution in [3.8, 4) is 0 Å². The molecule has 0 spiro atoms. The van der Waals surface area contributed by atoms with Crippen LogP contribution in [-0.4, -0.2) is 21.9 Å². The summed E-state index contributed by atoms with van der Waals surface area (Å²) in [5, 5.41) is 4.63. The van der Waals surface area contributed by atoms with E-state index in [1.807, 2.05) is 18.2 Å². The molecule has 2 rings (SSSR count). The molecule has 1 aromatic rings. The summed E-state index contributed by atoms with van der Waals surface area (Å²) >= 11 is 0. The maximum Gasteiger partial charge on any atom is 0.0615 e. The van der Waals surface area contributed by atoms with Crippen LogP contribution in [0.2, 0.25) is 0 Å². The second-order valence-electron chi connectivity index (χ2n) is 4.88. The number of nitrogens with zero attached hydrogens (tertiary/aromatic N) is 3. The van der Waals surface area contributed by atoms with Crippen LogP contribution in [0.1, 0.15) is 33.4 Å². The number of pyridine rings is 1. The van der Waals surface area contributed by atoms with Gasteiger partial charge in [-0.15, -0.1) is 0 Å². The zero-order valence-electron chi connectivity index (χ0n) is 9.97. The maximum atomic E-state index is 4.63. The largest absolute Gasteiger partial charge is 0.457 e. The molecule has 0 saturated heterocycles. The third kappa shape index (κ3) is 2.19. The number of aliphatic imine (C=N–C) groups is 1. The van der Waals surface area contributed by atoms with E-state index in [9.17, 15) is 0 Å². The fourth-order valence-electron chi connectivity index (χ4n) is 1.44. The molecule has 90 valence electrons. The van der Waals surface area contributed by atoms with E-state index in [0.29, 0.717) is 0 Å². The van der Waals surface area contributed by atoms with Crippen molar-refractivity contribution in [2.24, 2.45) is 4.99 Å². The number of hydrogen-bond acceptors (Lipinski definition) is 2. The van der Waals surface area contributed by atoms with Crippen LogP contribution in [0.5, 0.6) is 0 Å². The molecule has 0 fully saturated rings. The van der Waals surface area contributed by atoms with E-state index >= 15 is 0 Å². The molecule has 0 saturated carbocycles. The van der Waals surface area contributed by atoms with Crippen LogP contribution in [0, 0.1) is 0 Å². The van der Waals surface area contributed by atoms with Crippen molar-refractivity contribution >= 4 is 5.84 Å². The van der Waals surface area contributed by atoms with Gasteiger partial charge in [-0.1, -0.05) is 33.8 Å². The Labute approximate surface area is 111 Å². The summed E-state index contributed by atoms with van der Waals surface area (Å²) in [6.07, 6.45) is 1.77. The summed E-state index contributed by atoms with van der Waals surface area (Å²) in [6.45, 7) is 8.41. The third-order valence-electron chi connectivity index (χ3n) is 3.16. The third-order valence-corrected chi connectivity index (χ3v) is 3.16. The summed E-state index contributed by atoms with van der Waals surface area (Å²) in [5.74, 6) is 0.769. The average molecular weight is 397 g/mol. The molecule has 4 heteroatoms. The second-order valence-corrected chi connectivity index (χ2v) is 4.88. The van der Waals surface area contributed by atoms with Crippen LogP contribution in [0.3, 0.4) is 0 Å². The van der Waals surface area contributed by atoms with Crippen LogP contribution < -0.4 is 0 Å². The van der Waals surface area contributed by atoms with E-state index in [1.54, 1.807) is 6.20 Å². The summed E-state index contributed by atoms with van der Waals surface area (Å²) in [6, 6.07) is 5.80. The number of aromatic nitrogens is 1. The van der Waals surface area contributed by atoms with Gasteiger partial charge < -0.3 is 10.3 Å². The van der Waals surface area contributed by atoms with Gasteiger partial charge in [-0.2, -0.15) is 0 Å². The molecule has 0 amide bonds. The number of hydrogen-bond donors (Lipinski definition) is 0. The second kappa shape index (κ2) is 4.29. The Bertz CT molecular complexity index is 396. The first-order valence-corrected chi connectivity index (χ1v) is 5.16. The van der Waals surface area contributed by atoms with E-state index < -0.39 is 0 Å². The van der Waals surface area contributed by atoms with Gasteiger partial charge in [0.2, 0.25) is 0 Å². The molecule has 1 aliphatic heterocycles. The molecule has 16 heavy (non-hydrogen) atoms. The minimum absolute atomic E-state index is 0. The first-order chi connectivity index (χ1) is 6.92. The van der Waals surface area contributed by atoms with Crippen molar-refractivity contribution in [1.29, 1.82) is 0 Å². The molecular formula is C12H16N3Pt-. The van der Waals surface area contributed by atoms with Crippen LogP contribution >= 0.6 is 0 Å². The Balaban J connectivity index is 0.00000128. The van der Waals surface area contributed by atoms with Crippen LogP contribution in [0.4, 0.5) is 0 Å². The molecule has 0 aliphatic carbocycles. The van der Waals surface area contributed by atoms with Crippen LogP contribution in [0.25, 0.3) is 5.32 Å². The van der Waals surface area contributed by atoms with Gasteiger partial charge in [-0.3, -0.25) is 4.98 Å². The molecule has 1 aromatic heterocycles. The molecule has 0 N–H and O–H groups in total. The first-order valence-electron chi connectivity index (χ1n) is 5.16. The van der Waals surface area contributed by atoms with Gasteiger partial charge in [-0.25, -0.2) is 0 Å². The van der Waals surface area contributed by atoms with Gasteiger partial charge in [0.15, 0.2) is 0 Å². The predicted octanol–water partition coefficient (Wildman–Crippen LogP) is 2.77. The molecule has 2 heterocycles. The quantitative estimate of drug-likeness (QED) is 0.718. The normalized spacial score (nSPS) is 20.6. The molecule has 0 aromatic carbocycles. The Morgan fingerprint density at radius 2 is 1.81 bits per heavy atom. The molecule has 3 nitrogen and oxygen atoms in total. The number of amidine groups is 1. The SMILES string of the molecule is CC1(C)N=C(c2ccccn2)[N-]C1(C)C.[Pt]. The fourth-order valence-corrected chi connectivity index (χ4v) is 1.44. The monoisotopic (exact) mass is 397 g/mol. The summed E-state index contributed by atoms with van der Waals surface area (Å²) in [5.41, 5.74) is 0.552. The standard InChI is InChI=1S/C12H16N3.Pt/c1-11(2)12(3,4)15-10(14-11)9-7-5-6-8-13-9;/h5-8H,1-4H3;/q-1;. The fraction of sp³-hybridized carbons (Fsp3) is 0.500. The average Bonchev–Trinajstić information content (AvgIpc) is 2.38. The van der Waals surface area contributed by atoms with Gasteiger partial charge in [0.25, 0.3) is 0 Å². The van der Waals surface area contributed by atoms with Crippen molar-refractivity contribution in [1.82, 2.24) is 4.98 Å². The minimum atomic E-state index is -0.153. The molecule has 0 atom stereocenters. The Kier molecular flexibility index (Phi) is 3.58. The van der Waals surface area contributed by atoms with Crippen LogP contribution in [0.15, 0.2) is 29.4 Å². The van der Waals surface area contributed by atoms with Crippen LogP contribution in [-0.2, 0) is 21.1 Å². The van der Waals surface area contributed by atoms with E-state index in [1.165, 1.54) is 0 Å². The van der Waals surface area contributed by atoms with Gasteiger partial charge in [0, 0.05) is 27.3 Å². The van der Waals surface area contributed by atoms with E-state index in [2.05, 4.69) is 43.0 Å². The van der Waals surface area contributed by atoms with E-state index in [4.69, 9.17) is 0 Å². The molecular weight excluding hydrogens is 381 g/mol. The van der Waals surface area contributed by atoms with E-state index in [-0.39, 0.29) is 32.1 Å². The molecule has 0 bridgehead atoms. The van der Waals surface area contributed by atoms with Crippen molar-refractivity contribution in [2.45, 2.75) is 38.8 Å².